The minimum atomic E-state index is -0.539. The minimum Gasteiger partial charge on any atom is -0.342 e. The molecule has 1 unspecified atom stereocenters. The van der Waals surface area contributed by atoms with Crippen molar-refractivity contribution in [2.75, 3.05) is 19.6 Å². The maximum atomic E-state index is 13.5. The summed E-state index contributed by atoms with van der Waals surface area (Å²) >= 11 is 6.17. The fraction of sp³-hybridized carbons (Fsp3) is 0.364. The van der Waals surface area contributed by atoms with Crippen molar-refractivity contribution in [3.05, 3.63) is 83.4 Å². The van der Waals surface area contributed by atoms with Crippen molar-refractivity contribution in [2.45, 2.75) is 44.1 Å². The standard InChI is InChI=1S/C33H32ClN3O2/c34-29-5-1-4-28(19-29)25-8-6-23(7-9-25)24-10-12-26(13-11-24)30-35-33(16-17-33)32(39)37(30)21-22-3-2-18-36(20-22)31(38)27-14-15-27/h1,4-13,19,22,27H,2-3,14-18,20-21H2. The maximum absolute atomic E-state index is 13.5. The van der Waals surface area contributed by atoms with Gasteiger partial charge in [-0.3, -0.25) is 19.5 Å². The van der Waals surface area contributed by atoms with Crippen LogP contribution in [0.2, 0.25) is 5.02 Å². The van der Waals surface area contributed by atoms with Crippen LogP contribution in [0.5, 0.6) is 0 Å². The lowest BCUT2D eigenvalue weighted by molar-refractivity contribution is -0.134. The molecule has 4 aliphatic rings. The van der Waals surface area contributed by atoms with Crippen molar-refractivity contribution in [2.24, 2.45) is 16.8 Å². The first kappa shape index (κ1) is 24.6. The quantitative estimate of drug-likeness (QED) is 0.363. The Bertz CT molecular complexity index is 1460. The van der Waals surface area contributed by atoms with Crippen molar-refractivity contribution < 1.29 is 9.59 Å². The summed E-state index contributed by atoms with van der Waals surface area (Å²) in [7, 11) is 0. The predicted octanol–water partition coefficient (Wildman–Crippen LogP) is 6.44. The summed E-state index contributed by atoms with van der Waals surface area (Å²) in [5, 5.41) is 0.732. The maximum Gasteiger partial charge on any atom is 0.256 e. The summed E-state index contributed by atoms with van der Waals surface area (Å²) < 4.78 is 0. The number of piperidine rings is 1. The van der Waals surface area contributed by atoms with Crippen LogP contribution in [0.3, 0.4) is 0 Å². The summed E-state index contributed by atoms with van der Waals surface area (Å²) in [6.07, 6.45) is 5.79. The van der Waals surface area contributed by atoms with Crippen LogP contribution in [0, 0.1) is 11.8 Å². The van der Waals surface area contributed by atoms with Gasteiger partial charge >= 0.3 is 0 Å². The van der Waals surface area contributed by atoms with Crippen molar-refractivity contribution in [3.63, 3.8) is 0 Å². The average molecular weight is 538 g/mol. The topological polar surface area (TPSA) is 53.0 Å². The second-order valence-corrected chi connectivity index (χ2v) is 12.1. The lowest BCUT2D eigenvalue weighted by atomic mass is 9.96. The molecule has 7 rings (SSSR count). The number of likely N-dealkylation sites (tertiary alicyclic amines) is 1. The number of nitrogens with zero attached hydrogens (tertiary/aromatic N) is 3. The highest BCUT2D eigenvalue weighted by Crippen LogP contribution is 2.46. The van der Waals surface area contributed by atoms with E-state index in [0.717, 1.165) is 90.3 Å². The Labute approximate surface area is 234 Å². The normalized spacial score (nSPS) is 21.8. The van der Waals surface area contributed by atoms with E-state index in [1.165, 1.54) is 0 Å². The molecule has 198 valence electrons. The Morgan fingerprint density at radius 2 is 1.51 bits per heavy atom. The molecule has 0 aromatic heterocycles. The first-order chi connectivity index (χ1) is 19.0. The average Bonchev–Trinajstić information content (AvgIpc) is 3.90. The predicted molar refractivity (Wildman–Crippen MR) is 155 cm³/mol. The fourth-order valence-corrected chi connectivity index (χ4v) is 6.28. The highest BCUT2D eigenvalue weighted by Gasteiger charge is 2.57. The van der Waals surface area contributed by atoms with Crippen molar-refractivity contribution in [1.82, 2.24) is 9.80 Å². The first-order valence-corrected chi connectivity index (χ1v) is 14.5. The van der Waals surface area contributed by atoms with Crippen LogP contribution >= 0.6 is 11.6 Å². The zero-order valence-corrected chi connectivity index (χ0v) is 22.7. The molecule has 2 aliphatic carbocycles. The van der Waals surface area contributed by atoms with E-state index in [1.807, 2.05) is 28.0 Å². The summed E-state index contributed by atoms with van der Waals surface area (Å²) in [6.45, 7) is 2.25. The van der Waals surface area contributed by atoms with Crippen LogP contribution in [0.25, 0.3) is 22.3 Å². The lowest BCUT2D eigenvalue weighted by Gasteiger charge is -2.35. The van der Waals surface area contributed by atoms with Crippen molar-refractivity contribution >= 4 is 29.3 Å². The monoisotopic (exact) mass is 537 g/mol. The van der Waals surface area contributed by atoms with Crippen LogP contribution in [-0.4, -0.2) is 52.6 Å². The summed E-state index contributed by atoms with van der Waals surface area (Å²) in [5.41, 5.74) is 4.92. The van der Waals surface area contributed by atoms with E-state index in [1.54, 1.807) is 0 Å². The smallest absolute Gasteiger partial charge is 0.256 e. The number of amidine groups is 1. The molecular formula is C33H32ClN3O2. The molecule has 3 aromatic carbocycles. The number of benzene rings is 3. The molecule has 1 saturated heterocycles. The molecule has 39 heavy (non-hydrogen) atoms. The Morgan fingerprint density at radius 3 is 2.13 bits per heavy atom. The van der Waals surface area contributed by atoms with E-state index >= 15 is 0 Å². The van der Waals surface area contributed by atoms with Gasteiger partial charge in [0.1, 0.15) is 11.4 Å². The molecule has 2 amide bonds. The van der Waals surface area contributed by atoms with E-state index < -0.39 is 5.54 Å². The second-order valence-electron chi connectivity index (χ2n) is 11.6. The molecule has 5 nitrogen and oxygen atoms in total. The van der Waals surface area contributed by atoms with Gasteiger partial charge in [-0.05, 0) is 78.8 Å². The van der Waals surface area contributed by atoms with Crippen LogP contribution in [0.1, 0.15) is 44.1 Å². The number of carbonyl (C=O) groups excluding carboxylic acids is 2. The molecule has 2 heterocycles. The Hall–Kier alpha value is -3.44. The van der Waals surface area contributed by atoms with E-state index in [2.05, 4.69) is 54.6 Å². The largest absolute Gasteiger partial charge is 0.342 e. The number of hydrogen-bond acceptors (Lipinski definition) is 3. The van der Waals surface area contributed by atoms with Crippen molar-refractivity contribution in [3.8, 4) is 22.3 Å². The van der Waals surface area contributed by atoms with Crippen LogP contribution in [-0.2, 0) is 9.59 Å². The zero-order valence-electron chi connectivity index (χ0n) is 22.0. The van der Waals surface area contributed by atoms with Crippen LogP contribution in [0.15, 0.2) is 77.8 Å². The fourth-order valence-electron chi connectivity index (χ4n) is 6.09. The third-order valence-corrected chi connectivity index (χ3v) is 8.89. The van der Waals surface area contributed by atoms with E-state index in [0.29, 0.717) is 18.4 Å². The Morgan fingerprint density at radius 1 is 0.872 bits per heavy atom. The van der Waals surface area contributed by atoms with Gasteiger partial charge in [0, 0.05) is 36.1 Å². The first-order valence-electron chi connectivity index (χ1n) is 14.2. The van der Waals surface area contributed by atoms with Gasteiger partial charge in [0.15, 0.2) is 0 Å². The molecule has 1 spiro atoms. The van der Waals surface area contributed by atoms with E-state index in [-0.39, 0.29) is 11.8 Å². The van der Waals surface area contributed by atoms with E-state index in [4.69, 9.17) is 16.6 Å². The Kier molecular flexibility index (Phi) is 6.07. The lowest BCUT2D eigenvalue weighted by Crippen LogP contribution is -2.46. The van der Waals surface area contributed by atoms with Gasteiger partial charge in [0.05, 0.1) is 0 Å². The molecule has 3 aromatic rings. The van der Waals surface area contributed by atoms with Gasteiger partial charge in [-0.15, -0.1) is 0 Å². The van der Waals surface area contributed by atoms with Gasteiger partial charge < -0.3 is 4.90 Å². The molecule has 3 fully saturated rings. The molecule has 2 saturated carbocycles. The minimum absolute atomic E-state index is 0.142. The molecule has 1 atom stereocenters. The van der Waals surface area contributed by atoms with Gasteiger partial charge in [-0.25, -0.2) is 0 Å². The molecule has 2 aliphatic heterocycles. The number of hydrogen-bond donors (Lipinski definition) is 0. The van der Waals surface area contributed by atoms with Gasteiger partial charge in [0.2, 0.25) is 5.91 Å². The van der Waals surface area contributed by atoms with Gasteiger partial charge in [0.25, 0.3) is 5.91 Å². The molecule has 6 heteroatoms. The zero-order chi connectivity index (χ0) is 26.6. The number of carbonyl (C=O) groups is 2. The Balaban J connectivity index is 1.08. The highest BCUT2D eigenvalue weighted by atomic mass is 35.5. The van der Waals surface area contributed by atoms with Crippen LogP contribution in [0.4, 0.5) is 0 Å². The molecule has 0 radical (unpaired) electrons. The molecule has 0 N–H and O–H groups in total. The number of aliphatic imine (C=N–C) groups is 1. The number of rotatable bonds is 6. The van der Waals surface area contributed by atoms with Crippen molar-refractivity contribution in [1.29, 1.82) is 0 Å². The number of amides is 2. The summed E-state index contributed by atoms with van der Waals surface area (Å²) in [4.78, 5) is 35.1. The van der Waals surface area contributed by atoms with E-state index in [9.17, 15) is 9.59 Å². The SMILES string of the molecule is O=C(C1CC1)N1CCCC(CN2C(=O)C3(CC3)N=C2c2ccc(-c3ccc(-c4cccc(Cl)c4)cc3)cc2)C1. The van der Waals surface area contributed by atoms with Crippen LogP contribution < -0.4 is 0 Å². The molecular weight excluding hydrogens is 506 g/mol. The molecule has 0 bridgehead atoms. The summed E-state index contributed by atoms with van der Waals surface area (Å²) in [5.74, 6) is 1.79. The third kappa shape index (κ3) is 4.78. The second kappa shape index (κ2) is 9.63. The third-order valence-electron chi connectivity index (χ3n) is 8.66. The van der Waals surface area contributed by atoms with Gasteiger partial charge in [-0.1, -0.05) is 72.3 Å². The summed E-state index contributed by atoms with van der Waals surface area (Å²) in [6, 6.07) is 24.8. The number of halogens is 1. The van der Waals surface area contributed by atoms with Gasteiger partial charge in [-0.2, -0.15) is 0 Å². The highest BCUT2D eigenvalue weighted by molar-refractivity contribution is 6.30.